The van der Waals surface area contributed by atoms with Gasteiger partial charge >= 0.3 is 5.97 Å². The highest BCUT2D eigenvalue weighted by atomic mass is 35.5. The van der Waals surface area contributed by atoms with E-state index in [9.17, 15) is 4.79 Å². The van der Waals surface area contributed by atoms with Crippen molar-refractivity contribution in [3.8, 4) is 11.5 Å². The minimum Gasteiger partial charge on any atom is -0.493 e. The van der Waals surface area contributed by atoms with Gasteiger partial charge in [0.1, 0.15) is 18.5 Å². The first-order valence-corrected chi connectivity index (χ1v) is 12.0. The summed E-state index contributed by atoms with van der Waals surface area (Å²) < 4.78 is 16.7. The number of alkyl halides is 1. The van der Waals surface area contributed by atoms with Crippen molar-refractivity contribution in [1.29, 1.82) is 0 Å². The van der Waals surface area contributed by atoms with Gasteiger partial charge in [-0.05, 0) is 41.3 Å². The molecule has 0 heterocycles. The number of hydrogen-bond acceptors (Lipinski definition) is 4. The maximum absolute atomic E-state index is 11.2. The normalized spacial score (nSPS) is 13.4. The summed E-state index contributed by atoms with van der Waals surface area (Å²) in [5.41, 5.74) is 1.70. The molecule has 0 aromatic heterocycles. The predicted molar refractivity (Wildman–Crippen MR) is 132 cm³/mol. The summed E-state index contributed by atoms with van der Waals surface area (Å²) in [4.78, 5) is 11.2. The van der Waals surface area contributed by atoms with Crippen molar-refractivity contribution in [3.05, 3.63) is 57.6 Å². The molecule has 2 rings (SSSR count). The molecule has 0 N–H and O–H groups in total. The van der Waals surface area contributed by atoms with Gasteiger partial charge in [0, 0.05) is 12.3 Å². The lowest BCUT2D eigenvalue weighted by Gasteiger charge is -2.27. The molecule has 2 aromatic rings. The number of carbonyl (C=O) groups excluding carboxylic acids is 1. The second kappa shape index (κ2) is 12.0. The minimum absolute atomic E-state index is 0.0589. The Morgan fingerprint density at radius 3 is 2.09 bits per heavy atom. The molecule has 0 aliphatic heterocycles. The van der Waals surface area contributed by atoms with Gasteiger partial charge in [0.2, 0.25) is 0 Å². The van der Waals surface area contributed by atoms with Crippen LogP contribution in [0.25, 0.3) is 0 Å². The van der Waals surface area contributed by atoms with Gasteiger partial charge in [-0.2, -0.15) is 0 Å². The molecule has 0 unspecified atom stereocenters. The quantitative estimate of drug-likeness (QED) is 0.239. The SMILES string of the molecule is CC[C@H](C)COc1ccc(C(C)(C)c2cc(Cl)c(OC[C@H](CCl)OC(C)=O)c(Cl)c2)cc1. The molecule has 0 saturated carbocycles. The van der Waals surface area contributed by atoms with Crippen LogP contribution in [0.1, 0.15) is 52.2 Å². The zero-order chi connectivity index (χ0) is 23.9. The summed E-state index contributed by atoms with van der Waals surface area (Å²) in [5.74, 6) is 1.39. The lowest BCUT2D eigenvalue weighted by atomic mass is 9.78. The maximum atomic E-state index is 11.2. The van der Waals surface area contributed by atoms with Crippen molar-refractivity contribution >= 4 is 40.8 Å². The number of halogens is 3. The zero-order valence-corrected chi connectivity index (χ0v) is 21.5. The van der Waals surface area contributed by atoms with E-state index in [1.165, 1.54) is 6.92 Å². The zero-order valence-electron chi connectivity index (χ0n) is 19.2. The average Bonchev–Trinajstić information content (AvgIpc) is 2.75. The highest BCUT2D eigenvalue weighted by molar-refractivity contribution is 6.37. The molecule has 0 bridgehead atoms. The Hall–Kier alpha value is -1.62. The third kappa shape index (κ3) is 7.19. The highest BCUT2D eigenvalue weighted by Gasteiger charge is 2.26. The van der Waals surface area contributed by atoms with E-state index in [-0.39, 0.29) is 17.9 Å². The second-order valence-corrected chi connectivity index (χ2v) is 9.56. The summed E-state index contributed by atoms with van der Waals surface area (Å²) >= 11 is 18.8. The Morgan fingerprint density at radius 2 is 1.59 bits per heavy atom. The van der Waals surface area contributed by atoms with E-state index >= 15 is 0 Å². The van der Waals surface area contributed by atoms with Gasteiger partial charge in [-0.3, -0.25) is 4.79 Å². The van der Waals surface area contributed by atoms with Crippen LogP contribution in [-0.2, 0) is 14.9 Å². The standard InChI is InChI=1S/C25H31Cl3O4/c1-6-16(2)14-30-20-9-7-18(8-10-20)25(4,5)19-11-22(27)24(23(28)12-19)31-15-21(13-26)32-17(3)29/h7-12,16,21H,6,13-15H2,1-5H3/t16-,21-/m0/s1. The van der Waals surface area contributed by atoms with E-state index in [1.54, 1.807) is 0 Å². The van der Waals surface area contributed by atoms with Gasteiger partial charge in [-0.25, -0.2) is 0 Å². The summed E-state index contributed by atoms with van der Waals surface area (Å²) in [5, 5.41) is 0.760. The molecule has 7 heteroatoms. The molecule has 2 aromatic carbocycles. The average molecular weight is 502 g/mol. The van der Waals surface area contributed by atoms with E-state index < -0.39 is 12.1 Å². The van der Waals surface area contributed by atoms with Crippen molar-refractivity contribution in [3.63, 3.8) is 0 Å². The van der Waals surface area contributed by atoms with Crippen LogP contribution in [0.5, 0.6) is 11.5 Å². The number of benzene rings is 2. The van der Waals surface area contributed by atoms with Crippen LogP contribution in [0.15, 0.2) is 36.4 Å². The number of carbonyl (C=O) groups is 1. The lowest BCUT2D eigenvalue weighted by molar-refractivity contribution is -0.146. The van der Waals surface area contributed by atoms with Gasteiger partial charge in [-0.15, -0.1) is 11.6 Å². The Labute approximate surface area is 206 Å². The lowest BCUT2D eigenvalue weighted by Crippen LogP contribution is -2.26. The Bertz CT molecular complexity index is 874. The van der Waals surface area contributed by atoms with E-state index in [0.717, 1.165) is 23.3 Å². The van der Waals surface area contributed by atoms with Crippen LogP contribution < -0.4 is 9.47 Å². The maximum Gasteiger partial charge on any atom is 0.303 e. The number of ether oxygens (including phenoxy) is 3. The summed E-state index contributed by atoms with van der Waals surface area (Å²) in [7, 11) is 0. The number of hydrogen-bond donors (Lipinski definition) is 0. The number of rotatable bonds is 11. The van der Waals surface area contributed by atoms with Gasteiger partial charge in [0.15, 0.2) is 5.75 Å². The Balaban J connectivity index is 2.17. The van der Waals surface area contributed by atoms with Crippen LogP contribution in [0.2, 0.25) is 10.0 Å². The smallest absolute Gasteiger partial charge is 0.303 e. The van der Waals surface area contributed by atoms with Crippen LogP contribution in [-0.4, -0.2) is 31.2 Å². The molecule has 4 nitrogen and oxygen atoms in total. The van der Waals surface area contributed by atoms with Crippen LogP contribution >= 0.6 is 34.8 Å². The summed E-state index contributed by atoms with van der Waals surface area (Å²) in [6.07, 6.45) is 0.501. The molecule has 0 aliphatic carbocycles. The van der Waals surface area contributed by atoms with E-state index in [1.807, 2.05) is 24.3 Å². The summed E-state index contributed by atoms with van der Waals surface area (Å²) in [6.45, 7) is 10.6. The van der Waals surface area contributed by atoms with Crippen LogP contribution in [0, 0.1) is 5.92 Å². The van der Waals surface area contributed by atoms with Crippen molar-refractivity contribution in [2.75, 3.05) is 19.1 Å². The molecule has 0 amide bonds. The van der Waals surface area contributed by atoms with Gasteiger partial charge < -0.3 is 14.2 Å². The van der Waals surface area contributed by atoms with Gasteiger partial charge in [0.25, 0.3) is 0 Å². The van der Waals surface area contributed by atoms with Crippen molar-refractivity contribution in [2.24, 2.45) is 5.92 Å². The topological polar surface area (TPSA) is 44.8 Å². The fourth-order valence-corrected chi connectivity index (χ4v) is 3.82. The monoisotopic (exact) mass is 500 g/mol. The molecule has 0 aliphatic rings. The third-order valence-corrected chi connectivity index (χ3v) is 6.35. The third-order valence-electron chi connectivity index (χ3n) is 5.45. The van der Waals surface area contributed by atoms with Crippen molar-refractivity contribution in [2.45, 2.75) is 52.6 Å². The molecular formula is C25H31Cl3O4. The molecule has 176 valence electrons. The Morgan fingerprint density at radius 1 is 1.00 bits per heavy atom. The highest BCUT2D eigenvalue weighted by Crippen LogP contribution is 2.40. The van der Waals surface area contributed by atoms with Crippen molar-refractivity contribution < 1.29 is 19.0 Å². The fraction of sp³-hybridized carbons (Fsp3) is 0.480. The second-order valence-electron chi connectivity index (χ2n) is 8.44. The van der Waals surface area contributed by atoms with E-state index in [4.69, 9.17) is 49.0 Å². The minimum atomic E-state index is -0.585. The molecular weight excluding hydrogens is 471 g/mol. The molecule has 32 heavy (non-hydrogen) atoms. The first-order chi connectivity index (χ1) is 15.1. The molecule has 0 radical (unpaired) electrons. The molecule has 0 saturated heterocycles. The fourth-order valence-electron chi connectivity index (χ4n) is 3.07. The number of esters is 1. The van der Waals surface area contributed by atoms with E-state index in [0.29, 0.717) is 28.3 Å². The molecule has 2 atom stereocenters. The predicted octanol–water partition coefficient (Wildman–Crippen LogP) is 7.29. The van der Waals surface area contributed by atoms with Crippen LogP contribution in [0.4, 0.5) is 0 Å². The first kappa shape index (κ1) is 26.6. The van der Waals surface area contributed by atoms with E-state index in [2.05, 4.69) is 39.8 Å². The van der Waals surface area contributed by atoms with Crippen LogP contribution in [0.3, 0.4) is 0 Å². The molecule has 0 spiro atoms. The molecule has 0 fully saturated rings. The summed E-state index contributed by atoms with van der Waals surface area (Å²) in [6, 6.07) is 11.8. The first-order valence-electron chi connectivity index (χ1n) is 10.7. The van der Waals surface area contributed by atoms with Crippen molar-refractivity contribution in [1.82, 2.24) is 0 Å². The van der Waals surface area contributed by atoms with Gasteiger partial charge in [0.05, 0.1) is 22.5 Å². The van der Waals surface area contributed by atoms with Gasteiger partial charge in [-0.1, -0.05) is 69.5 Å². The Kier molecular flexibility index (Phi) is 10.00. The largest absolute Gasteiger partial charge is 0.493 e.